The summed E-state index contributed by atoms with van der Waals surface area (Å²) in [7, 11) is 0. The van der Waals surface area contributed by atoms with Crippen molar-refractivity contribution in [2.75, 3.05) is 0 Å². The molecule has 1 aliphatic carbocycles. The molecule has 1 heterocycles. The number of ketones is 1. The Bertz CT molecular complexity index is 735. The topological polar surface area (TPSA) is 63.3 Å². The Morgan fingerprint density at radius 2 is 2.23 bits per heavy atom. The maximum Gasteiger partial charge on any atom is 0.137 e. The molecule has 5 heteroatoms. The van der Waals surface area contributed by atoms with Gasteiger partial charge in [-0.1, -0.05) is 17.3 Å². The van der Waals surface area contributed by atoms with Gasteiger partial charge in [-0.25, -0.2) is 4.39 Å². The molecule has 0 saturated carbocycles. The summed E-state index contributed by atoms with van der Waals surface area (Å²) < 4.78 is 18.9. The fourth-order valence-corrected chi connectivity index (χ4v) is 3.66. The number of fused-ring (bicyclic) bond motifs is 1. The number of carbonyl (C=O) groups excluding carboxylic acids is 1. The van der Waals surface area contributed by atoms with Gasteiger partial charge in [0.1, 0.15) is 17.4 Å². The molecule has 1 aliphatic rings. The molecular formula is C17H18FNO3. The maximum absolute atomic E-state index is 13.7. The number of rotatable bonds is 2. The molecule has 0 radical (unpaired) electrons. The van der Waals surface area contributed by atoms with Crippen LogP contribution in [-0.2, 0) is 11.2 Å². The van der Waals surface area contributed by atoms with E-state index in [2.05, 4.69) is 5.16 Å². The molecular weight excluding hydrogens is 285 g/mol. The van der Waals surface area contributed by atoms with Gasteiger partial charge in [0, 0.05) is 17.9 Å². The predicted octanol–water partition coefficient (Wildman–Crippen LogP) is 2.77. The van der Waals surface area contributed by atoms with Gasteiger partial charge >= 0.3 is 0 Å². The van der Waals surface area contributed by atoms with Crippen molar-refractivity contribution in [1.29, 1.82) is 0 Å². The average molecular weight is 303 g/mol. The number of aromatic nitrogens is 1. The number of hydrogen-bond donors (Lipinski definition) is 1. The SMILES string of the molecule is CC(=O)C1C(c2cccc(F)c2)c2c(noc2C)CC1(C)O. The lowest BCUT2D eigenvalue weighted by Gasteiger charge is -2.40. The zero-order valence-corrected chi connectivity index (χ0v) is 12.8. The molecule has 0 amide bonds. The molecule has 3 atom stereocenters. The first kappa shape index (κ1) is 14.9. The Kier molecular flexibility index (Phi) is 3.40. The summed E-state index contributed by atoms with van der Waals surface area (Å²) in [5.74, 6) is -1.03. The molecule has 0 spiro atoms. The van der Waals surface area contributed by atoms with E-state index in [0.717, 1.165) is 5.56 Å². The van der Waals surface area contributed by atoms with Gasteiger partial charge in [-0.2, -0.15) is 0 Å². The molecule has 0 bridgehead atoms. The van der Waals surface area contributed by atoms with E-state index >= 15 is 0 Å². The summed E-state index contributed by atoms with van der Waals surface area (Å²) in [5.41, 5.74) is 0.818. The van der Waals surface area contributed by atoms with Gasteiger partial charge in [0.25, 0.3) is 0 Å². The zero-order chi connectivity index (χ0) is 16.1. The molecule has 4 nitrogen and oxygen atoms in total. The van der Waals surface area contributed by atoms with Crippen LogP contribution in [-0.4, -0.2) is 21.6 Å². The molecule has 0 fully saturated rings. The van der Waals surface area contributed by atoms with Crippen molar-refractivity contribution < 1.29 is 18.8 Å². The van der Waals surface area contributed by atoms with Gasteiger partial charge in [-0.15, -0.1) is 0 Å². The summed E-state index contributed by atoms with van der Waals surface area (Å²) in [5, 5.41) is 14.8. The number of carbonyl (C=O) groups is 1. The van der Waals surface area contributed by atoms with Gasteiger partial charge in [0.2, 0.25) is 0 Å². The number of nitrogens with zero attached hydrogens (tertiary/aromatic N) is 1. The third-order valence-corrected chi connectivity index (χ3v) is 4.47. The monoisotopic (exact) mass is 303 g/mol. The highest BCUT2D eigenvalue weighted by Crippen LogP contribution is 2.47. The standard InChI is InChI=1S/C17H18FNO3/c1-9(20)16-15(11-5-4-6-12(18)7-11)14-10(2)22-19-13(14)8-17(16,3)21/h4-7,15-16,21H,8H2,1-3H3. The lowest BCUT2D eigenvalue weighted by molar-refractivity contribution is -0.130. The van der Waals surface area contributed by atoms with Crippen LogP contribution in [0, 0.1) is 18.7 Å². The van der Waals surface area contributed by atoms with E-state index in [-0.39, 0.29) is 18.0 Å². The van der Waals surface area contributed by atoms with Crippen LogP contribution in [0.3, 0.4) is 0 Å². The molecule has 1 N–H and O–H groups in total. The van der Waals surface area contributed by atoms with E-state index in [1.807, 2.05) is 0 Å². The van der Waals surface area contributed by atoms with Crippen molar-refractivity contribution in [3.63, 3.8) is 0 Å². The minimum absolute atomic E-state index is 0.134. The van der Waals surface area contributed by atoms with Gasteiger partial charge in [-0.3, -0.25) is 4.79 Å². The van der Waals surface area contributed by atoms with E-state index in [1.54, 1.807) is 26.0 Å². The number of halogens is 1. The molecule has 3 rings (SSSR count). The lowest BCUT2D eigenvalue weighted by Crippen LogP contribution is -2.48. The van der Waals surface area contributed by atoms with Crippen LogP contribution in [0.4, 0.5) is 4.39 Å². The second-order valence-corrected chi connectivity index (χ2v) is 6.25. The average Bonchev–Trinajstić information content (AvgIpc) is 2.76. The van der Waals surface area contributed by atoms with Crippen LogP contribution in [0.15, 0.2) is 28.8 Å². The highest BCUT2D eigenvalue weighted by atomic mass is 19.1. The Hall–Kier alpha value is -2.01. The van der Waals surface area contributed by atoms with Gasteiger partial charge < -0.3 is 9.63 Å². The van der Waals surface area contributed by atoms with Crippen molar-refractivity contribution in [1.82, 2.24) is 5.16 Å². The van der Waals surface area contributed by atoms with Gasteiger partial charge in [0.05, 0.1) is 17.2 Å². The second kappa shape index (κ2) is 5.02. The van der Waals surface area contributed by atoms with E-state index in [1.165, 1.54) is 19.1 Å². The smallest absolute Gasteiger partial charge is 0.137 e. The first-order valence-electron chi connectivity index (χ1n) is 7.24. The summed E-state index contributed by atoms with van der Waals surface area (Å²) in [4.78, 5) is 12.2. The fourth-order valence-electron chi connectivity index (χ4n) is 3.66. The number of benzene rings is 1. The molecule has 0 aliphatic heterocycles. The highest BCUT2D eigenvalue weighted by Gasteiger charge is 2.49. The first-order chi connectivity index (χ1) is 10.3. The van der Waals surface area contributed by atoms with Crippen molar-refractivity contribution >= 4 is 5.78 Å². The molecule has 3 unspecified atom stereocenters. The Balaban J connectivity index is 2.25. The third kappa shape index (κ3) is 2.25. The quantitative estimate of drug-likeness (QED) is 0.926. The maximum atomic E-state index is 13.7. The van der Waals surface area contributed by atoms with Crippen LogP contribution >= 0.6 is 0 Å². The van der Waals surface area contributed by atoms with E-state index in [9.17, 15) is 14.3 Å². The van der Waals surface area contributed by atoms with Gasteiger partial charge in [-0.05, 0) is 38.5 Å². The summed E-state index contributed by atoms with van der Waals surface area (Å²) in [6.07, 6.45) is 0.246. The zero-order valence-electron chi connectivity index (χ0n) is 12.8. The van der Waals surface area contributed by atoms with Crippen molar-refractivity contribution in [3.8, 4) is 0 Å². The number of aryl methyl sites for hydroxylation is 1. The molecule has 1 aromatic carbocycles. The van der Waals surface area contributed by atoms with Crippen LogP contribution in [0.2, 0.25) is 0 Å². The number of aliphatic hydroxyl groups is 1. The Morgan fingerprint density at radius 1 is 1.50 bits per heavy atom. The summed E-state index contributed by atoms with van der Waals surface area (Å²) in [6, 6.07) is 6.13. The number of hydrogen-bond acceptors (Lipinski definition) is 4. The summed E-state index contributed by atoms with van der Waals surface area (Å²) in [6.45, 7) is 4.85. The van der Waals surface area contributed by atoms with Crippen molar-refractivity contribution in [3.05, 3.63) is 52.7 Å². The van der Waals surface area contributed by atoms with Crippen LogP contribution < -0.4 is 0 Å². The normalized spacial score (nSPS) is 27.5. The van der Waals surface area contributed by atoms with Crippen LogP contribution in [0.1, 0.15) is 42.3 Å². The van der Waals surface area contributed by atoms with E-state index < -0.39 is 17.4 Å². The largest absolute Gasteiger partial charge is 0.389 e. The Labute approximate surface area is 127 Å². The Morgan fingerprint density at radius 3 is 2.86 bits per heavy atom. The molecule has 116 valence electrons. The van der Waals surface area contributed by atoms with Gasteiger partial charge in [0.15, 0.2) is 0 Å². The minimum Gasteiger partial charge on any atom is -0.389 e. The summed E-state index contributed by atoms with van der Waals surface area (Å²) >= 11 is 0. The van der Waals surface area contributed by atoms with E-state index in [4.69, 9.17) is 4.52 Å². The fraction of sp³-hybridized carbons (Fsp3) is 0.412. The highest BCUT2D eigenvalue weighted by molar-refractivity contribution is 5.82. The van der Waals surface area contributed by atoms with Crippen LogP contribution in [0.5, 0.6) is 0 Å². The minimum atomic E-state index is -1.25. The van der Waals surface area contributed by atoms with Crippen molar-refractivity contribution in [2.45, 2.75) is 38.7 Å². The molecule has 0 saturated heterocycles. The van der Waals surface area contributed by atoms with E-state index in [0.29, 0.717) is 17.0 Å². The van der Waals surface area contributed by atoms with Crippen molar-refractivity contribution in [2.24, 2.45) is 5.92 Å². The molecule has 22 heavy (non-hydrogen) atoms. The lowest BCUT2D eigenvalue weighted by atomic mass is 9.64. The molecule has 2 aromatic rings. The number of Topliss-reactive ketones (excluding diaryl/α,β-unsaturated/α-hetero) is 1. The first-order valence-corrected chi connectivity index (χ1v) is 7.24. The molecule has 1 aromatic heterocycles. The third-order valence-electron chi connectivity index (χ3n) is 4.47. The van der Waals surface area contributed by atoms with Crippen LogP contribution in [0.25, 0.3) is 0 Å². The predicted molar refractivity (Wildman–Crippen MR) is 78.0 cm³/mol. The second-order valence-electron chi connectivity index (χ2n) is 6.25.